The molecule has 0 rings (SSSR count). The normalized spacial score (nSPS) is 12.0. The van der Waals surface area contributed by atoms with Crippen LogP contribution >= 0.6 is 0 Å². The van der Waals surface area contributed by atoms with E-state index in [1.807, 2.05) is 0 Å². The van der Waals surface area contributed by atoms with E-state index in [4.69, 9.17) is 0 Å². The molecule has 76 valence electrons. The predicted molar refractivity (Wildman–Crippen MR) is 54.5 cm³/mol. The summed E-state index contributed by atoms with van der Waals surface area (Å²) in [5, 5.41) is 0. The molecule has 2 nitrogen and oxygen atoms in total. The van der Waals surface area contributed by atoms with Gasteiger partial charge in [0.25, 0.3) is 0 Å². The van der Waals surface area contributed by atoms with Crippen LogP contribution in [0.4, 0.5) is 0 Å². The van der Waals surface area contributed by atoms with Gasteiger partial charge in [-0.25, -0.2) is 0 Å². The summed E-state index contributed by atoms with van der Waals surface area (Å²) in [6.07, 6.45) is 4.82. The van der Waals surface area contributed by atoms with Crippen LogP contribution in [0.25, 0.3) is 0 Å². The molecular formula is C11H20O2. The van der Waals surface area contributed by atoms with E-state index >= 15 is 0 Å². The second kappa shape index (κ2) is 6.70. The van der Waals surface area contributed by atoms with Gasteiger partial charge in [-0.3, -0.25) is 4.79 Å². The Morgan fingerprint density at radius 3 is 2.46 bits per heavy atom. The summed E-state index contributed by atoms with van der Waals surface area (Å²) in [6.45, 7) is 6.24. The molecule has 0 spiro atoms. The quantitative estimate of drug-likeness (QED) is 0.485. The van der Waals surface area contributed by atoms with Crippen molar-refractivity contribution in [3.05, 3.63) is 11.6 Å². The van der Waals surface area contributed by atoms with E-state index in [-0.39, 0.29) is 5.97 Å². The van der Waals surface area contributed by atoms with Gasteiger partial charge in [0.2, 0.25) is 0 Å². The van der Waals surface area contributed by atoms with Gasteiger partial charge >= 0.3 is 5.97 Å². The lowest BCUT2D eigenvalue weighted by Crippen LogP contribution is -2.08. The summed E-state index contributed by atoms with van der Waals surface area (Å²) in [5.74, 6) is 0.235. The zero-order chi connectivity index (χ0) is 10.3. The Bertz CT molecular complexity index is 179. The summed E-state index contributed by atoms with van der Waals surface area (Å²) in [7, 11) is 1.44. The van der Waals surface area contributed by atoms with Crippen molar-refractivity contribution >= 4 is 5.97 Å². The number of allylic oxidation sites excluding steroid dienone is 2. The van der Waals surface area contributed by atoms with Crippen molar-refractivity contribution in [3.8, 4) is 0 Å². The molecule has 0 heterocycles. The first-order valence-electron chi connectivity index (χ1n) is 4.82. The smallest absolute Gasteiger partial charge is 0.306 e. The van der Waals surface area contributed by atoms with E-state index in [9.17, 15) is 4.79 Å². The van der Waals surface area contributed by atoms with Gasteiger partial charge in [-0.15, -0.1) is 0 Å². The minimum atomic E-state index is -0.115. The summed E-state index contributed by atoms with van der Waals surface area (Å²) in [4.78, 5) is 11.0. The van der Waals surface area contributed by atoms with Crippen LogP contribution in [0.1, 0.15) is 40.0 Å². The molecule has 0 radical (unpaired) electrons. The molecular weight excluding hydrogens is 164 g/mol. The van der Waals surface area contributed by atoms with Gasteiger partial charge < -0.3 is 4.74 Å². The number of carbonyl (C=O) groups is 1. The van der Waals surface area contributed by atoms with E-state index in [2.05, 4.69) is 31.6 Å². The molecule has 0 unspecified atom stereocenters. The van der Waals surface area contributed by atoms with Crippen molar-refractivity contribution < 1.29 is 9.53 Å². The highest BCUT2D eigenvalue weighted by molar-refractivity contribution is 5.69. The second-order valence-electron chi connectivity index (χ2n) is 3.57. The Balaban J connectivity index is 4.09. The SMILES string of the molecule is CCC[C@@H](C=C(C)C)CC(=O)OC. The predicted octanol–water partition coefficient (Wildman–Crippen LogP) is 2.93. The first kappa shape index (κ1) is 12.2. The summed E-state index contributed by atoms with van der Waals surface area (Å²) >= 11 is 0. The lowest BCUT2D eigenvalue weighted by molar-refractivity contribution is -0.141. The fourth-order valence-electron chi connectivity index (χ4n) is 1.38. The molecule has 13 heavy (non-hydrogen) atoms. The maximum absolute atomic E-state index is 11.0. The standard InChI is InChI=1S/C11H20O2/c1-5-6-10(7-9(2)3)8-11(12)13-4/h7,10H,5-6,8H2,1-4H3/t10-/m0/s1. The van der Waals surface area contributed by atoms with Crippen molar-refractivity contribution in [2.24, 2.45) is 5.92 Å². The van der Waals surface area contributed by atoms with Gasteiger partial charge in [0.05, 0.1) is 13.5 Å². The summed E-state index contributed by atoms with van der Waals surface area (Å²) in [5.41, 5.74) is 1.27. The topological polar surface area (TPSA) is 26.3 Å². The van der Waals surface area contributed by atoms with E-state index in [0.29, 0.717) is 12.3 Å². The maximum atomic E-state index is 11.0. The number of hydrogen-bond acceptors (Lipinski definition) is 2. The number of ether oxygens (including phenoxy) is 1. The molecule has 0 N–H and O–H groups in total. The molecule has 0 fully saturated rings. The molecule has 0 saturated carbocycles. The number of esters is 1. The Labute approximate surface area is 81.0 Å². The lowest BCUT2D eigenvalue weighted by atomic mass is 9.97. The minimum Gasteiger partial charge on any atom is -0.469 e. The van der Waals surface area contributed by atoms with E-state index in [0.717, 1.165) is 12.8 Å². The van der Waals surface area contributed by atoms with Gasteiger partial charge in [-0.2, -0.15) is 0 Å². The lowest BCUT2D eigenvalue weighted by Gasteiger charge is -2.10. The fourth-order valence-corrected chi connectivity index (χ4v) is 1.38. The molecule has 0 saturated heterocycles. The molecule has 0 aliphatic heterocycles. The number of hydrogen-bond donors (Lipinski definition) is 0. The number of carbonyl (C=O) groups excluding carboxylic acids is 1. The van der Waals surface area contributed by atoms with Crippen LogP contribution in [-0.2, 0) is 9.53 Å². The third-order valence-corrected chi connectivity index (χ3v) is 1.89. The molecule has 0 aliphatic rings. The molecule has 0 aromatic rings. The summed E-state index contributed by atoms with van der Waals surface area (Å²) < 4.78 is 4.64. The average Bonchev–Trinajstić information content (AvgIpc) is 2.03. The van der Waals surface area contributed by atoms with Gasteiger partial charge in [0.15, 0.2) is 0 Å². The van der Waals surface area contributed by atoms with Gasteiger partial charge in [0.1, 0.15) is 0 Å². The monoisotopic (exact) mass is 184 g/mol. The molecule has 0 amide bonds. The van der Waals surface area contributed by atoms with Crippen molar-refractivity contribution in [1.29, 1.82) is 0 Å². The summed E-state index contributed by atoms with van der Waals surface area (Å²) in [6, 6.07) is 0. The highest BCUT2D eigenvalue weighted by Crippen LogP contribution is 2.15. The third kappa shape index (κ3) is 6.38. The first-order valence-corrected chi connectivity index (χ1v) is 4.82. The number of methoxy groups -OCH3 is 1. The van der Waals surface area contributed by atoms with E-state index < -0.39 is 0 Å². The zero-order valence-corrected chi connectivity index (χ0v) is 9.09. The fraction of sp³-hybridized carbons (Fsp3) is 0.727. The van der Waals surface area contributed by atoms with Crippen LogP contribution in [-0.4, -0.2) is 13.1 Å². The number of rotatable bonds is 5. The molecule has 1 atom stereocenters. The van der Waals surface area contributed by atoms with Crippen LogP contribution in [0.15, 0.2) is 11.6 Å². The molecule has 0 aromatic carbocycles. The van der Waals surface area contributed by atoms with E-state index in [1.54, 1.807) is 0 Å². The van der Waals surface area contributed by atoms with Crippen LogP contribution in [0.3, 0.4) is 0 Å². The van der Waals surface area contributed by atoms with E-state index in [1.165, 1.54) is 12.7 Å². The molecule has 2 heteroatoms. The Morgan fingerprint density at radius 1 is 1.46 bits per heavy atom. The zero-order valence-electron chi connectivity index (χ0n) is 9.09. The van der Waals surface area contributed by atoms with Crippen LogP contribution < -0.4 is 0 Å². The van der Waals surface area contributed by atoms with Gasteiger partial charge in [0, 0.05) is 0 Å². The minimum absolute atomic E-state index is 0.115. The third-order valence-electron chi connectivity index (χ3n) is 1.89. The van der Waals surface area contributed by atoms with Gasteiger partial charge in [-0.1, -0.05) is 25.0 Å². The van der Waals surface area contributed by atoms with Crippen molar-refractivity contribution in [2.45, 2.75) is 40.0 Å². The van der Waals surface area contributed by atoms with Crippen LogP contribution in [0.2, 0.25) is 0 Å². The average molecular weight is 184 g/mol. The Hall–Kier alpha value is -0.790. The van der Waals surface area contributed by atoms with Crippen molar-refractivity contribution in [2.75, 3.05) is 7.11 Å². The molecule has 0 aliphatic carbocycles. The Kier molecular flexibility index (Phi) is 6.29. The first-order chi connectivity index (χ1) is 6.10. The van der Waals surface area contributed by atoms with Crippen molar-refractivity contribution in [1.82, 2.24) is 0 Å². The largest absolute Gasteiger partial charge is 0.469 e. The second-order valence-corrected chi connectivity index (χ2v) is 3.57. The van der Waals surface area contributed by atoms with Crippen LogP contribution in [0, 0.1) is 5.92 Å². The van der Waals surface area contributed by atoms with Gasteiger partial charge in [-0.05, 0) is 26.2 Å². The highest BCUT2D eigenvalue weighted by atomic mass is 16.5. The van der Waals surface area contributed by atoms with Crippen LogP contribution in [0.5, 0.6) is 0 Å². The van der Waals surface area contributed by atoms with Crippen molar-refractivity contribution in [3.63, 3.8) is 0 Å². The highest BCUT2D eigenvalue weighted by Gasteiger charge is 2.10. The molecule has 0 bridgehead atoms. The Morgan fingerprint density at radius 2 is 2.08 bits per heavy atom. The maximum Gasteiger partial charge on any atom is 0.306 e. The molecule has 0 aromatic heterocycles.